The summed E-state index contributed by atoms with van der Waals surface area (Å²) in [5.41, 5.74) is 2.19. The number of hydrogen-bond acceptors (Lipinski definition) is 6. The zero-order chi connectivity index (χ0) is 27.4. The van der Waals surface area contributed by atoms with Gasteiger partial charge in [0.15, 0.2) is 0 Å². The molecule has 2 N–H and O–H groups in total. The van der Waals surface area contributed by atoms with Crippen LogP contribution in [0.15, 0.2) is 71.3 Å². The van der Waals surface area contributed by atoms with Crippen molar-refractivity contribution in [1.82, 2.24) is 0 Å². The van der Waals surface area contributed by atoms with Gasteiger partial charge in [-0.05, 0) is 35.5 Å². The number of carbonyl (C=O) groups is 1. The molecule has 0 atom stereocenters. The molecule has 3 aliphatic rings. The Morgan fingerprint density at radius 3 is 2.27 bits per heavy atom. The van der Waals surface area contributed by atoms with Gasteiger partial charge in [-0.25, -0.2) is 0 Å². The fourth-order valence-corrected chi connectivity index (χ4v) is 6.15. The number of benzene rings is 4. The summed E-state index contributed by atoms with van der Waals surface area (Å²) in [4.78, 5) is 18.9. The van der Waals surface area contributed by atoms with Crippen LogP contribution in [0, 0.1) is 0 Å². The third-order valence-electron chi connectivity index (χ3n) is 8.19. The number of anilines is 1. The second-order valence-electron chi connectivity index (χ2n) is 10.8. The molecule has 6 nitrogen and oxygen atoms in total. The van der Waals surface area contributed by atoms with Crippen molar-refractivity contribution in [1.29, 1.82) is 0 Å². The van der Waals surface area contributed by atoms with E-state index in [1.807, 2.05) is 60.7 Å². The van der Waals surface area contributed by atoms with Gasteiger partial charge in [-0.15, -0.1) is 0 Å². The molecule has 0 saturated carbocycles. The Morgan fingerprint density at radius 2 is 1.52 bits per heavy atom. The number of carbonyl (C=O) groups excluding carboxylic acids is 1. The average molecular weight is 528 g/mol. The van der Waals surface area contributed by atoms with E-state index in [1.165, 1.54) is 0 Å². The molecule has 4 aromatic rings. The Hall–Kier alpha value is -4.19. The SMILES string of the molecule is CCCCB1N=c2/c(=C3/C(=O)C(c4ccc5cccc6c5c4NB(CCCC)O6)=C3O)ccc3cccc(c23)O1. The Labute approximate surface area is 233 Å². The minimum absolute atomic E-state index is 0.0105. The van der Waals surface area contributed by atoms with Crippen LogP contribution in [-0.4, -0.2) is 25.0 Å². The first-order valence-electron chi connectivity index (χ1n) is 14.4. The number of Topliss-reactive ketones (excluding diaryl/α,β-unsaturated/α-hetero) is 1. The molecule has 4 aromatic carbocycles. The standard InChI is InChI=1S/C32H30B2N2O4/c1-3-5-17-33-35-29-21(15-13-19-9-7-11-23(39-33)25(19)29)27-31(37)28(32(27)38)22-16-14-20-10-8-12-24-26(20)30(22)36-34(40-24)18-6-4-2/h7-16,35,37H,3-6,17-18H2,1-2H3/b28-22+. The molecule has 0 amide bonds. The molecule has 7 rings (SSSR count). The number of nitrogens with one attached hydrogen (secondary N) is 1. The lowest BCUT2D eigenvalue weighted by molar-refractivity contribution is -0.109. The van der Waals surface area contributed by atoms with Gasteiger partial charge in [-0.3, -0.25) is 9.70 Å². The number of unbranched alkanes of at least 4 members (excludes halogenated alkanes) is 2. The van der Waals surface area contributed by atoms with Gasteiger partial charge in [0.05, 0.1) is 16.5 Å². The Balaban J connectivity index is 1.42. The van der Waals surface area contributed by atoms with Gasteiger partial charge < -0.3 is 19.6 Å². The lowest BCUT2D eigenvalue weighted by Gasteiger charge is -2.30. The van der Waals surface area contributed by atoms with Gasteiger partial charge in [-0.1, -0.05) is 88.1 Å². The van der Waals surface area contributed by atoms with Crippen molar-refractivity contribution in [2.45, 2.75) is 52.2 Å². The fourth-order valence-electron chi connectivity index (χ4n) is 6.15. The molecule has 40 heavy (non-hydrogen) atoms. The van der Waals surface area contributed by atoms with Crippen molar-refractivity contribution < 1.29 is 19.2 Å². The highest BCUT2D eigenvalue weighted by molar-refractivity contribution is 6.59. The second-order valence-corrected chi connectivity index (χ2v) is 10.8. The minimum Gasteiger partial charge on any atom is -0.541 e. The van der Waals surface area contributed by atoms with Gasteiger partial charge in [0.1, 0.15) is 17.3 Å². The summed E-state index contributed by atoms with van der Waals surface area (Å²) in [6.45, 7) is 4.30. The lowest BCUT2D eigenvalue weighted by atomic mass is 9.72. The highest BCUT2D eigenvalue weighted by Gasteiger charge is 2.39. The van der Waals surface area contributed by atoms with Gasteiger partial charge in [0.2, 0.25) is 5.78 Å². The van der Waals surface area contributed by atoms with Crippen LogP contribution >= 0.6 is 0 Å². The first-order chi connectivity index (χ1) is 19.6. The lowest BCUT2D eigenvalue weighted by Crippen LogP contribution is -2.40. The molecule has 1 aliphatic carbocycles. The summed E-state index contributed by atoms with van der Waals surface area (Å²) in [6, 6.07) is 19.7. The van der Waals surface area contributed by atoms with Crippen molar-refractivity contribution in [2.24, 2.45) is 4.90 Å². The highest BCUT2D eigenvalue weighted by Crippen LogP contribution is 2.46. The first-order valence-corrected chi connectivity index (χ1v) is 14.4. The summed E-state index contributed by atoms with van der Waals surface area (Å²) in [5, 5.41) is 20.3. The second kappa shape index (κ2) is 9.77. The van der Waals surface area contributed by atoms with E-state index < -0.39 is 0 Å². The molecule has 8 heteroatoms. The van der Waals surface area contributed by atoms with Crippen LogP contribution < -0.4 is 25.1 Å². The summed E-state index contributed by atoms with van der Waals surface area (Å²) < 4.78 is 12.5. The van der Waals surface area contributed by atoms with E-state index in [0.29, 0.717) is 21.9 Å². The maximum absolute atomic E-state index is 13.9. The predicted octanol–water partition coefficient (Wildman–Crippen LogP) is 6.09. The number of hydrogen-bond donors (Lipinski definition) is 2. The van der Waals surface area contributed by atoms with Crippen molar-refractivity contribution >= 4 is 58.3 Å². The van der Waals surface area contributed by atoms with Gasteiger partial charge in [0.25, 0.3) is 0 Å². The molecule has 0 aromatic heterocycles. The topological polar surface area (TPSA) is 80.2 Å². The van der Waals surface area contributed by atoms with Crippen molar-refractivity contribution in [3.63, 3.8) is 0 Å². The third kappa shape index (κ3) is 3.80. The number of rotatable bonds is 7. The zero-order valence-corrected chi connectivity index (χ0v) is 22.8. The highest BCUT2D eigenvalue weighted by atomic mass is 16.4. The predicted molar refractivity (Wildman–Crippen MR) is 162 cm³/mol. The molecular weight excluding hydrogens is 498 g/mol. The smallest absolute Gasteiger partial charge is 0.501 e. The minimum atomic E-state index is -0.312. The monoisotopic (exact) mass is 528 g/mol. The van der Waals surface area contributed by atoms with Crippen LogP contribution in [-0.2, 0) is 4.79 Å². The Morgan fingerprint density at radius 1 is 0.825 bits per heavy atom. The molecule has 0 spiro atoms. The molecule has 0 bridgehead atoms. The normalized spacial score (nSPS) is 16.9. The third-order valence-corrected chi connectivity index (χ3v) is 8.19. The van der Waals surface area contributed by atoms with Crippen LogP contribution in [0.2, 0.25) is 12.6 Å². The average Bonchev–Trinajstić information content (AvgIpc) is 2.97. The van der Waals surface area contributed by atoms with E-state index in [2.05, 4.69) is 19.1 Å². The number of aliphatic hydroxyl groups excluding tert-OH is 1. The van der Waals surface area contributed by atoms with Gasteiger partial charge in [-0.2, -0.15) is 0 Å². The molecule has 0 saturated heterocycles. The molecule has 198 valence electrons. The van der Waals surface area contributed by atoms with E-state index in [-0.39, 0.29) is 25.6 Å². The summed E-state index contributed by atoms with van der Waals surface area (Å²) in [5.74, 6) is 1.41. The molecular formula is C32H30B2N2O4. The van der Waals surface area contributed by atoms with Crippen LogP contribution in [0.25, 0.3) is 32.7 Å². The van der Waals surface area contributed by atoms with Crippen LogP contribution in [0.1, 0.15) is 45.1 Å². The number of nitrogens with zero attached hydrogens (tertiary/aromatic N) is 1. The van der Waals surface area contributed by atoms with E-state index in [9.17, 15) is 9.90 Å². The Kier molecular flexibility index (Phi) is 6.06. The molecule has 0 fully saturated rings. The van der Waals surface area contributed by atoms with E-state index in [4.69, 9.17) is 14.2 Å². The summed E-state index contributed by atoms with van der Waals surface area (Å²) in [7, 11) is -0.504. The first kappa shape index (κ1) is 24.8. The number of aliphatic hydroxyl groups is 1. The van der Waals surface area contributed by atoms with E-state index in [0.717, 1.165) is 82.4 Å². The van der Waals surface area contributed by atoms with Crippen molar-refractivity contribution in [2.75, 3.05) is 5.23 Å². The molecule has 2 heterocycles. The quantitative estimate of drug-likeness (QED) is 0.284. The van der Waals surface area contributed by atoms with Gasteiger partial charge in [0, 0.05) is 27.2 Å². The van der Waals surface area contributed by atoms with Crippen molar-refractivity contribution in [3.8, 4) is 11.5 Å². The summed E-state index contributed by atoms with van der Waals surface area (Å²) >= 11 is 0. The molecule has 0 unspecified atom stereocenters. The molecule has 2 aliphatic heterocycles. The van der Waals surface area contributed by atoms with Gasteiger partial charge >= 0.3 is 14.1 Å². The van der Waals surface area contributed by atoms with E-state index in [1.54, 1.807) is 0 Å². The fraction of sp³-hybridized carbons (Fsp3) is 0.250. The van der Waals surface area contributed by atoms with Crippen LogP contribution in [0.4, 0.5) is 5.69 Å². The largest absolute Gasteiger partial charge is 0.541 e. The Bertz CT molecular complexity index is 1870. The molecule has 0 radical (unpaired) electrons. The number of allylic oxidation sites excluding steroid dienone is 2. The number of ketones is 1. The maximum Gasteiger partial charge on any atom is 0.501 e. The summed E-state index contributed by atoms with van der Waals surface area (Å²) in [6.07, 6.45) is 5.78. The van der Waals surface area contributed by atoms with E-state index >= 15 is 0 Å². The van der Waals surface area contributed by atoms with Crippen LogP contribution in [0.3, 0.4) is 0 Å². The maximum atomic E-state index is 13.9. The van der Waals surface area contributed by atoms with Crippen molar-refractivity contribution in [3.05, 3.63) is 82.6 Å². The zero-order valence-electron chi connectivity index (χ0n) is 22.8. The van der Waals surface area contributed by atoms with Crippen LogP contribution in [0.5, 0.6) is 11.5 Å².